The van der Waals surface area contributed by atoms with Gasteiger partial charge in [-0.2, -0.15) is 0 Å². The Morgan fingerprint density at radius 1 is 1.08 bits per heavy atom. The van der Waals surface area contributed by atoms with Gasteiger partial charge in [0.05, 0.1) is 24.4 Å². The van der Waals surface area contributed by atoms with E-state index in [-0.39, 0.29) is 5.91 Å². The summed E-state index contributed by atoms with van der Waals surface area (Å²) >= 11 is 0. The summed E-state index contributed by atoms with van der Waals surface area (Å²) in [4.78, 5) is 26.5. The molecule has 1 aliphatic rings. The van der Waals surface area contributed by atoms with Crippen LogP contribution in [0.2, 0.25) is 0 Å². The second kappa shape index (κ2) is 7.94. The summed E-state index contributed by atoms with van der Waals surface area (Å²) in [6.45, 7) is 3.97. The predicted molar refractivity (Wildman–Crippen MR) is 96.5 cm³/mol. The van der Waals surface area contributed by atoms with Crippen LogP contribution in [-0.4, -0.2) is 36.5 Å². The molecule has 0 aromatic heterocycles. The number of esters is 1. The lowest BCUT2D eigenvalue weighted by Gasteiger charge is -2.28. The Hall–Kier alpha value is -2.66. The van der Waals surface area contributed by atoms with Crippen LogP contribution in [0.1, 0.15) is 28.4 Å². The molecule has 130 valence electrons. The molecule has 1 heterocycles. The highest BCUT2D eigenvalue weighted by atomic mass is 16.5. The predicted octanol–water partition coefficient (Wildman–Crippen LogP) is 2.86. The highest BCUT2D eigenvalue weighted by Crippen LogP contribution is 2.19. The minimum atomic E-state index is -0.426. The van der Waals surface area contributed by atoms with Gasteiger partial charge in [-0.1, -0.05) is 36.4 Å². The second-order valence-corrected chi connectivity index (χ2v) is 6.04. The normalized spacial score (nSPS) is 13.8. The number of hydrogen-bond acceptors (Lipinski definition) is 4. The van der Waals surface area contributed by atoms with E-state index in [1.165, 1.54) is 11.1 Å². The van der Waals surface area contributed by atoms with E-state index in [0.717, 1.165) is 19.5 Å². The number of benzene rings is 2. The Balaban J connectivity index is 1.63. The van der Waals surface area contributed by atoms with Crippen LogP contribution in [-0.2, 0) is 22.5 Å². The summed E-state index contributed by atoms with van der Waals surface area (Å²) in [7, 11) is 0. The van der Waals surface area contributed by atoms with Gasteiger partial charge in [0.1, 0.15) is 0 Å². The molecule has 25 heavy (non-hydrogen) atoms. The Morgan fingerprint density at radius 2 is 1.80 bits per heavy atom. The quantitative estimate of drug-likeness (QED) is 0.852. The molecule has 0 aliphatic carbocycles. The molecule has 1 amide bonds. The van der Waals surface area contributed by atoms with Crippen molar-refractivity contribution >= 4 is 17.6 Å². The molecule has 0 saturated carbocycles. The van der Waals surface area contributed by atoms with E-state index in [1.54, 1.807) is 31.2 Å². The third-order valence-electron chi connectivity index (χ3n) is 4.27. The van der Waals surface area contributed by atoms with Gasteiger partial charge in [0.2, 0.25) is 5.91 Å². The number of rotatable bonds is 5. The van der Waals surface area contributed by atoms with Gasteiger partial charge in [0.15, 0.2) is 0 Å². The molecule has 1 aliphatic heterocycles. The first-order valence-corrected chi connectivity index (χ1v) is 8.52. The van der Waals surface area contributed by atoms with Gasteiger partial charge in [-0.25, -0.2) is 4.79 Å². The van der Waals surface area contributed by atoms with Crippen molar-refractivity contribution < 1.29 is 14.3 Å². The van der Waals surface area contributed by atoms with E-state index in [0.29, 0.717) is 24.4 Å². The third kappa shape index (κ3) is 4.25. The first-order chi connectivity index (χ1) is 12.2. The van der Waals surface area contributed by atoms with Crippen molar-refractivity contribution in [1.29, 1.82) is 0 Å². The number of amides is 1. The highest BCUT2D eigenvalue weighted by molar-refractivity contribution is 6.01. The molecule has 2 aromatic carbocycles. The second-order valence-electron chi connectivity index (χ2n) is 6.04. The number of hydrogen-bond donors (Lipinski definition) is 1. The van der Waals surface area contributed by atoms with E-state index in [4.69, 9.17) is 4.74 Å². The van der Waals surface area contributed by atoms with Gasteiger partial charge in [-0.15, -0.1) is 0 Å². The van der Waals surface area contributed by atoms with Crippen molar-refractivity contribution in [3.05, 3.63) is 65.2 Å². The van der Waals surface area contributed by atoms with Crippen LogP contribution in [0.25, 0.3) is 0 Å². The number of anilines is 1. The summed E-state index contributed by atoms with van der Waals surface area (Å²) in [5.74, 6) is -0.554. The molecule has 5 heteroatoms. The molecular formula is C20H22N2O3. The van der Waals surface area contributed by atoms with Gasteiger partial charge in [0, 0.05) is 13.1 Å². The molecule has 0 unspecified atom stereocenters. The maximum Gasteiger partial charge on any atom is 0.340 e. The zero-order chi connectivity index (χ0) is 17.6. The number of para-hydroxylation sites is 1. The molecule has 0 spiro atoms. The maximum absolute atomic E-state index is 12.4. The zero-order valence-electron chi connectivity index (χ0n) is 14.3. The van der Waals surface area contributed by atoms with Crippen LogP contribution in [0.4, 0.5) is 5.69 Å². The number of fused-ring (bicyclic) bond motifs is 1. The Labute approximate surface area is 147 Å². The lowest BCUT2D eigenvalue weighted by atomic mass is 10.00. The summed E-state index contributed by atoms with van der Waals surface area (Å²) in [6, 6.07) is 15.2. The average molecular weight is 338 g/mol. The molecule has 0 radical (unpaired) electrons. The van der Waals surface area contributed by atoms with Crippen molar-refractivity contribution in [2.24, 2.45) is 0 Å². The molecule has 0 bridgehead atoms. The van der Waals surface area contributed by atoms with Crippen LogP contribution >= 0.6 is 0 Å². The van der Waals surface area contributed by atoms with Gasteiger partial charge in [-0.05, 0) is 36.6 Å². The zero-order valence-corrected chi connectivity index (χ0v) is 14.3. The van der Waals surface area contributed by atoms with Crippen molar-refractivity contribution in [2.75, 3.05) is 25.0 Å². The van der Waals surface area contributed by atoms with E-state index in [2.05, 4.69) is 22.3 Å². The fourth-order valence-electron chi connectivity index (χ4n) is 3.06. The standard InChI is InChI=1S/C20H22N2O3/c1-2-25-20(24)17-9-5-6-10-18(17)21-19(23)14-22-12-11-15-7-3-4-8-16(15)13-22/h3-10H,2,11-14H2,1H3,(H,21,23). The summed E-state index contributed by atoms with van der Waals surface area (Å²) < 4.78 is 5.04. The van der Waals surface area contributed by atoms with E-state index in [9.17, 15) is 9.59 Å². The largest absolute Gasteiger partial charge is 0.462 e. The summed E-state index contributed by atoms with van der Waals surface area (Å²) in [5.41, 5.74) is 3.49. The SMILES string of the molecule is CCOC(=O)c1ccccc1NC(=O)CN1CCc2ccccc2C1. The van der Waals surface area contributed by atoms with Crippen molar-refractivity contribution in [3.8, 4) is 0 Å². The highest BCUT2D eigenvalue weighted by Gasteiger charge is 2.19. The van der Waals surface area contributed by atoms with Crippen LogP contribution in [0.5, 0.6) is 0 Å². The van der Waals surface area contributed by atoms with Gasteiger partial charge >= 0.3 is 5.97 Å². The average Bonchev–Trinajstić information content (AvgIpc) is 2.62. The lowest BCUT2D eigenvalue weighted by molar-refractivity contribution is -0.117. The number of carbonyl (C=O) groups is 2. The monoisotopic (exact) mass is 338 g/mol. The Kier molecular flexibility index (Phi) is 5.46. The van der Waals surface area contributed by atoms with E-state index < -0.39 is 5.97 Å². The van der Waals surface area contributed by atoms with Gasteiger partial charge < -0.3 is 10.1 Å². The molecular weight excluding hydrogens is 316 g/mol. The van der Waals surface area contributed by atoms with Crippen molar-refractivity contribution in [3.63, 3.8) is 0 Å². The Bertz CT molecular complexity index is 773. The smallest absolute Gasteiger partial charge is 0.340 e. The number of carbonyl (C=O) groups excluding carboxylic acids is 2. The van der Waals surface area contributed by atoms with Crippen LogP contribution < -0.4 is 5.32 Å². The molecule has 0 atom stereocenters. The van der Waals surface area contributed by atoms with E-state index >= 15 is 0 Å². The minimum Gasteiger partial charge on any atom is -0.462 e. The lowest BCUT2D eigenvalue weighted by Crippen LogP contribution is -2.37. The number of nitrogens with one attached hydrogen (secondary N) is 1. The van der Waals surface area contributed by atoms with Crippen LogP contribution in [0.3, 0.4) is 0 Å². The molecule has 0 fully saturated rings. The minimum absolute atomic E-state index is 0.129. The fraction of sp³-hybridized carbons (Fsp3) is 0.300. The topological polar surface area (TPSA) is 58.6 Å². The fourth-order valence-corrected chi connectivity index (χ4v) is 3.06. The van der Waals surface area contributed by atoms with Crippen LogP contribution in [0.15, 0.2) is 48.5 Å². The molecule has 0 saturated heterocycles. The van der Waals surface area contributed by atoms with Crippen molar-refractivity contribution in [2.45, 2.75) is 19.9 Å². The number of ether oxygens (including phenoxy) is 1. The molecule has 2 aromatic rings. The maximum atomic E-state index is 12.4. The summed E-state index contributed by atoms with van der Waals surface area (Å²) in [6.07, 6.45) is 0.947. The first-order valence-electron chi connectivity index (χ1n) is 8.52. The first kappa shape index (κ1) is 17.2. The van der Waals surface area contributed by atoms with Crippen LogP contribution in [0, 0.1) is 0 Å². The van der Waals surface area contributed by atoms with Gasteiger partial charge in [0.25, 0.3) is 0 Å². The van der Waals surface area contributed by atoms with Gasteiger partial charge in [-0.3, -0.25) is 9.69 Å². The molecule has 3 rings (SSSR count). The van der Waals surface area contributed by atoms with E-state index in [1.807, 2.05) is 12.1 Å². The Morgan fingerprint density at radius 3 is 2.60 bits per heavy atom. The summed E-state index contributed by atoms with van der Waals surface area (Å²) in [5, 5.41) is 2.84. The number of nitrogens with zero attached hydrogens (tertiary/aromatic N) is 1. The molecule has 5 nitrogen and oxygen atoms in total. The molecule has 1 N–H and O–H groups in total. The van der Waals surface area contributed by atoms with Crippen molar-refractivity contribution in [1.82, 2.24) is 4.90 Å². The third-order valence-corrected chi connectivity index (χ3v) is 4.27.